The number of nitrogens with zero attached hydrogens (tertiary/aromatic N) is 2. The van der Waals surface area contributed by atoms with Crippen LogP contribution in [0.2, 0.25) is 0 Å². The van der Waals surface area contributed by atoms with E-state index in [0.29, 0.717) is 28.9 Å². The van der Waals surface area contributed by atoms with Crippen LogP contribution < -0.4 is 20.7 Å². The summed E-state index contributed by atoms with van der Waals surface area (Å²) in [4.78, 5) is 20.6. The number of aryl methyl sites for hydroxylation is 1. The second kappa shape index (κ2) is 9.01. The molecule has 2 aromatic carbocycles. The SMILES string of the molecule is Cc1nc(Nc2ccc(NC(=O)Nc3ccc(F)cc3)cc2)cc(OC(C)C)n1. The smallest absolute Gasteiger partial charge is 0.323 e. The van der Waals surface area contributed by atoms with Crippen LogP contribution in [0.1, 0.15) is 19.7 Å². The fourth-order valence-electron chi connectivity index (χ4n) is 2.52. The van der Waals surface area contributed by atoms with E-state index in [1.165, 1.54) is 24.3 Å². The number of hydrogen-bond donors (Lipinski definition) is 3. The molecule has 0 bridgehead atoms. The Balaban J connectivity index is 1.60. The first-order chi connectivity index (χ1) is 13.9. The third kappa shape index (κ3) is 6.17. The Kier molecular flexibility index (Phi) is 6.23. The van der Waals surface area contributed by atoms with Gasteiger partial charge in [0.1, 0.15) is 17.5 Å². The summed E-state index contributed by atoms with van der Waals surface area (Å²) >= 11 is 0. The molecular weight excluding hydrogens is 373 g/mol. The van der Waals surface area contributed by atoms with Crippen molar-refractivity contribution in [2.45, 2.75) is 26.9 Å². The number of benzene rings is 2. The Morgan fingerprint density at radius 1 is 0.931 bits per heavy atom. The lowest BCUT2D eigenvalue weighted by Gasteiger charge is -2.12. The number of hydrogen-bond acceptors (Lipinski definition) is 5. The van der Waals surface area contributed by atoms with Crippen molar-refractivity contribution in [3.05, 3.63) is 66.2 Å². The van der Waals surface area contributed by atoms with Crippen LogP contribution in [0.25, 0.3) is 0 Å². The fraction of sp³-hybridized carbons (Fsp3) is 0.190. The number of ether oxygens (including phenoxy) is 1. The molecule has 0 spiro atoms. The maximum Gasteiger partial charge on any atom is 0.323 e. The van der Waals surface area contributed by atoms with Crippen LogP contribution in [0.3, 0.4) is 0 Å². The molecule has 2 amide bonds. The van der Waals surface area contributed by atoms with Crippen LogP contribution >= 0.6 is 0 Å². The van der Waals surface area contributed by atoms with Crippen LogP contribution in [0, 0.1) is 12.7 Å². The van der Waals surface area contributed by atoms with Crippen molar-refractivity contribution in [2.75, 3.05) is 16.0 Å². The Morgan fingerprint density at radius 2 is 1.48 bits per heavy atom. The van der Waals surface area contributed by atoms with Gasteiger partial charge in [0.25, 0.3) is 0 Å². The number of anilines is 4. The van der Waals surface area contributed by atoms with E-state index in [9.17, 15) is 9.18 Å². The molecule has 0 radical (unpaired) electrons. The molecule has 0 atom stereocenters. The fourth-order valence-corrected chi connectivity index (χ4v) is 2.52. The summed E-state index contributed by atoms with van der Waals surface area (Å²) in [5, 5.41) is 8.54. The predicted molar refractivity (Wildman–Crippen MR) is 111 cm³/mol. The quantitative estimate of drug-likeness (QED) is 0.540. The second-order valence-electron chi connectivity index (χ2n) is 6.59. The maximum atomic E-state index is 12.9. The highest BCUT2D eigenvalue weighted by Crippen LogP contribution is 2.21. The Morgan fingerprint density at radius 3 is 2.07 bits per heavy atom. The van der Waals surface area contributed by atoms with Gasteiger partial charge in [0.2, 0.25) is 5.88 Å². The van der Waals surface area contributed by atoms with Crippen molar-refractivity contribution < 1.29 is 13.9 Å². The van der Waals surface area contributed by atoms with Gasteiger partial charge in [-0.1, -0.05) is 0 Å². The molecule has 1 aromatic heterocycles. The molecule has 0 fully saturated rings. The maximum absolute atomic E-state index is 12.9. The van der Waals surface area contributed by atoms with Crippen molar-refractivity contribution in [1.82, 2.24) is 9.97 Å². The average molecular weight is 395 g/mol. The van der Waals surface area contributed by atoms with Gasteiger partial charge in [-0.15, -0.1) is 0 Å². The van der Waals surface area contributed by atoms with Crippen LogP contribution in [0.4, 0.5) is 32.1 Å². The first-order valence-corrected chi connectivity index (χ1v) is 9.10. The molecule has 150 valence electrons. The Labute approximate surface area is 168 Å². The largest absolute Gasteiger partial charge is 0.475 e. The predicted octanol–water partition coefficient (Wildman–Crippen LogP) is 5.10. The standard InChI is InChI=1S/C21H22FN5O2/c1-13(2)29-20-12-19(23-14(3)24-20)25-16-8-10-18(11-9-16)27-21(28)26-17-6-4-15(22)5-7-17/h4-13H,1-3H3,(H,23,24,25)(H2,26,27,28). The Bertz CT molecular complexity index is 975. The van der Waals surface area contributed by atoms with Gasteiger partial charge in [0.15, 0.2) is 0 Å². The summed E-state index contributed by atoms with van der Waals surface area (Å²) < 4.78 is 18.5. The number of aromatic nitrogens is 2. The van der Waals surface area contributed by atoms with Gasteiger partial charge in [0, 0.05) is 23.1 Å². The second-order valence-corrected chi connectivity index (χ2v) is 6.59. The summed E-state index contributed by atoms with van der Waals surface area (Å²) in [5.41, 5.74) is 1.90. The first-order valence-electron chi connectivity index (χ1n) is 9.10. The highest BCUT2D eigenvalue weighted by atomic mass is 19.1. The molecule has 0 aliphatic carbocycles. The number of halogens is 1. The topological polar surface area (TPSA) is 88.2 Å². The number of carbonyl (C=O) groups excluding carboxylic acids is 1. The van der Waals surface area contributed by atoms with Crippen LogP contribution in [-0.2, 0) is 0 Å². The van der Waals surface area contributed by atoms with Crippen molar-refractivity contribution in [3.63, 3.8) is 0 Å². The molecule has 8 heteroatoms. The zero-order valence-electron chi connectivity index (χ0n) is 16.4. The number of carbonyl (C=O) groups is 1. The van der Waals surface area contributed by atoms with E-state index in [1.807, 2.05) is 26.0 Å². The zero-order valence-corrected chi connectivity index (χ0v) is 16.4. The normalized spacial score (nSPS) is 10.5. The number of amides is 2. The molecule has 0 saturated carbocycles. The molecule has 7 nitrogen and oxygen atoms in total. The molecule has 0 unspecified atom stereocenters. The minimum Gasteiger partial charge on any atom is -0.475 e. The van der Waals surface area contributed by atoms with Crippen LogP contribution in [0.15, 0.2) is 54.6 Å². The summed E-state index contributed by atoms with van der Waals surface area (Å²) in [5.74, 6) is 1.36. The third-order valence-corrected chi connectivity index (χ3v) is 3.69. The molecule has 0 saturated heterocycles. The molecule has 29 heavy (non-hydrogen) atoms. The van der Waals surface area contributed by atoms with Crippen molar-refractivity contribution in [2.24, 2.45) is 0 Å². The van der Waals surface area contributed by atoms with Crippen molar-refractivity contribution >= 4 is 28.9 Å². The van der Waals surface area contributed by atoms with E-state index >= 15 is 0 Å². The summed E-state index contributed by atoms with van der Waals surface area (Å²) in [7, 11) is 0. The molecule has 0 aliphatic heterocycles. The number of urea groups is 1. The van der Waals surface area contributed by atoms with Gasteiger partial charge < -0.3 is 20.7 Å². The third-order valence-electron chi connectivity index (χ3n) is 3.69. The summed E-state index contributed by atoms with van der Waals surface area (Å²) in [6, 6.07) is 14.0. The molecule has 3 aromatic rings. The number of rotatable bonds is 6. The monoisotopic (exact) mass is 395 g/mol. The van der Waals surface area contributed by atoms with E-state index < -0.39 is 6.03 Å². The van der Waals surface area contributed by atoms with Gasteiger partial charge in [-0.25, -0.2) is 14.2 Å². The van der Waals surface area contributed by atoms with Gasteiger partial charge in [-0.3, -0.25) is 0 Å². The van der Waals surface area contributed by atoms with Crippen molar-refractivity contribution in [1.29, 1.82) is 0 Å². The molecule has 0 aliphatic rings. The minimum atomic E-state index is -0.417. The lowest BCUT2D eigenvalue weighted by Crippen LogP contribution is -2.19. The lowest BCUT2D eigenvalue weighted by atomic mass is 10.2. The van der Waals surface area contributed by atoms with Gasteiger partial charge in [-0.2, -0.15) is 4.98 Å². The first kappa shape index (κ1) is 20.1. The van der Waals surface area contributed by atoms with E-state index in [2.05, 4.69) is 25.9 Å². The molecule has 3 N–H and O–H groups in total. The van der Waals surface area contributed by atoms with Gasteiger partial charge in [-0.05, 0) is 69.3 Å². The molecule has 1 heterocycles. The van der Waals surface area contributed by atoms with Crippen LogP contribution in [0.5, 0.6) is 5.88 Å². The Hall–Kier alpha value is -3.68. The van der Waals surface area contributed by atoms with E-state index in [1.54, 1.807) is 25.1 Å². The number of nitrogens with one attached hydrogen (secondary N) is 3. The highest BCUT2D eigenvalue weighted by molar-refractivity contribution is 5.99. The molecule has 3 rings (SSSR count). The van der Waals surface area contributed by atoms with Crippen LogP contribution in [-0.4, -0.2) is 22.1 Å². The zero-order chi connectivity index (χ0) is 20.8. The summed E-state index contributed by atoms with van der Waals surface area (Å²) in [6.45, 7) is 5.66. The minimum absolute atomic E-state index is 0.0172. The van der Waals surface area contributed by atoms with Gasteiger partial charge >= 0.3 is 6.03 Å². The van der Waals surface area contributed by atoms with Crippen molar-refractivity contribution in [3.8, 4) is 5.88 Å². The van der Waals surface area contributed by atoms with E-state index in [-0.39, 0.29) is 11.9 Å². The average Bonchev–Trinajstić information content (AvgIpc) is 2.64. The van der Waals surface area contributed by atoms with E-state index in [0.717, 1.165) is 5.69 Å². The lowest BCUT2D eigenvalue weighted by molar-refractivity contribution is 0.232. The molecular formula is C21H22FN5O2. The summed E-state index contributed by atoms with van der Waals surface area (Å²) in [6.07, 6.45) is 0.0172. The van der Waals surface area contributed by atoms with E-state index in [4.69, 9.17) is 4.74 Å². The highest BCUT2D eigenvalue weighted by Gasteiger charge is 2.06. The van der Waals surface area contributed by atoms with Gasteiger partial charge in [0.05, 0.1) is 6.10 Å².